The molecule has 2 heteroatoms. The lowest BCUT2D eigenvalue weighted by Gasteiger charge is -2.19. The number of hydrogen-bond donors (Lipinski definition) is 1. The van der Waals surface area contributed by atoms with Crippen molar-refractivity contribution < 1.29 is 4.79 Å². The van der Waals surface area contributed by atoms with Crippen LogP contribution in [0.3, 0.4) is 0 Å². The van der Waals surface area contributed by atoms with Crippen LogP contribution in [-0.2, 0) is 5.41 Å². The van der Waals surface area contributed by atoms with Gasteiger partial charge in [-0.05, 0) is 54.3 Å². The first kappa shape index (κ1) is 15.9. The maximum Gasteiger partial charge on any atom is 0.255 e. The summed E-state index contributed by atoms with van der Waals surface area (Å²) in [5.41, 5.74) is 3.67. The fourth-order valence-electron chi connectivity index (χ4n) is 2.11. The Bertz CT molecular complexity index is 708. The number of nitrogens with one attached hydrogen (secondary N) is 1. The van der Waals surface area contributed by atoms with Gasteiger partial charge in [0.25, 0.3) is 5.91 Å². The third kappa shape index (κ3) is 3.99. The number of carbonyl (C=O) groups excluding carboxylic acids is 1. The normalized spacial score (nSPS) is 10.5. The second-order valence-electron chi connectivity index (χ2n) is 6.23. The third-order valence-electron chi connectivity index (χ3n) is 3.43. The number of rotatable bonds is 2. The molecule has 112 valence electrons. The summed E-state index contributed by atoms with van der Waals surface area (Å²) in [4.78, 5) is 12.2. The van der Waals surface area contributed by atoms with Gasteiger partial charge >= 0.3 is 0 Å². The predicted molar refractivity (Wildman–Crippen MR) is 92.1 cm³/mol. The van der Waals surface area contributed by atoms with E-state index < -0.39 is 0 Å². The Morgan fingerprint density at radius 3 is 2.05 bits per heavy atom. The summed E-state index contributed by atoms with van der Waals surface area (Å²) in [6, 6.07) is 15.3. The van der Waals surface area contributed by atoms with Gasteiger partial charge in [-0.3, -0.25) is 4.79 Å². The Balaban J connectivity index is 2.09. The van der Waals surface area contributed by atoms with Crippen molar-refractivity contribution in [1.29, 1.82) is 0 Å². The molecule has 1 N–H and O–H groups in total. The first-order chi connectivity index (χ1) is 10.4. The second kappa shape index (κ2) is 6.49. The highest BCUT2D eigenvalue weighted by atomic mass is 16.1. The zero-order valence-electron chi connectivity index (χ0n) is 13.5. The molecule has 0 spiro atoms. The van der Waals surface area contributed by atoms with E-state index in [0.29, 0.717) is 5.56 Å². The molecule has 0 bridgehead atoms. The molecule has 0 aliphatic heterocycles. The Hall–Kier alpha value is -2.53. The van der Waals surface area contributed by atoms with Gasteiger partial charge in [-0.25, -0.2) is 0 Å². The topological polar surface area (TPSA) is 29.1 Å². The number of benzene rings is 2. The van der Waals surface area contributed by atoms with Crippen molar-refractivity contribution in [3.8, 4) is 11.8 Å². The molecule has 0 unspecified atom stereocenters. The van der Waals surface area contributed by atoms with E-state index in [1.807, 2.05) is 48.5 Å². The maximum atomic E-state index is 12.2. The second-order valence-corrected chi connectivity index (χ2v) is 6.23. The SMILES string of the molecule is CC#Cc1ccc(NC(=O)c2ccc(C(C)(C)C)cc2)cc1. The molecule has 0 aliphatic carbocycles. The van der Waals surface area contributed by atoms with Crippen LogP contribution in [0.4, 0.5) is 5.69 Å². The maximum absolute atomic E-state index is 12.2. The molecule has 2 aromatic carbocycles. The van der Waals surface area contributed by atoms with Crippen LogP contribution in [0.5, 0.6) is 0 Å². The Morgan fingerprint density at radius 2 is 1.55 bits per heavy atom. The molecule has 0 radical (unpaired) electrons. The van der Waals surface area contributed by atoms with Gasteiger partial charge in [0.2, 0.25) is 0 Å². The largest absolute Gasteiger partial charge is 0.322 e. The van der Waals surface area contributed by atoms with Gasteiger partial charge in [0.1, 0.15) is 0 Å². The third-order valence-corrected chi connectivity index (χ3v) is 3.43. The molecule has 0 saturated heterocycles. The van der Waals surface area contributed by atoms with Crippen LogP contribution in [0.2, 0.25) is 0 Å². The molecule has 0 saturated carbocycles. The van der Waals surface area contributed by atoms with E-state index in [9.17, 15) is 4.79 Å². The first-order valence-corrected chi connectivity index (χ1v) is 7.35. The summed E-state index contributed by atoms with van der Waals surface area (Å²) in [6.07, 6.45) is 0. The van der Waals surface area contributed by atoms with Gasteiger partial charge < -0.3 is 5.32 Å². The van der Waals surface area contributed by atoms with Crippen molar-refractivity contribution in [2.45, 2.75) is 33.1 Å². The minimum Gasteiger partial charge on any atom is -0.322 e. The van der Waals surface area contributed by atoms with E-state index in [4.69, 9.17) is 0 Å². The lowest BCUT2D eigenvalue weighted by molar-refractivity contribution is 0.102. The predicted octanol–water partition coefficient (Wildman–Crippen LogP) is 4.61. The summed E-state index contributed by atoms with van der Waals surface area (Å²) in [5.74, 6) is 5.73. The Labute approximate surface area is 132 Å². The highest BCUT2D eigenvalue weighted by Gasteiger charge is 2.14. The molecular weight excluding hydrogens is 270 g/mol. The highest BCUT2D eigenvalue weighted by Crippen LogP contribution is 2.22. The van der Waals surface area contributed by atoms with Crippen molar-refractivity contribution in [3.63, 3.8) is 0 Å². The standard InChI is InChI=1S/C20H21NO/c1-5-6-15-7-13-18(14-8-15)21-19(22)16-9-11-17(12-10-16)20(2,3)4/h7-14H,1-4H3,(H,21,22). The lowest BCUT2D eigenvalue weighted by atomic mass is 9.87. The molecule has 0 aromatic heterocycles. The first-order valence-electron chi connectivity index (χ1n) is 7.35. The minimum atomic E-state index is -0.102. The molecule has 2 nitrogen and oxygen atoms in total. The van der Waals surface area contributed by atoms with Gasteiger partial charge in [-0.15, -0.1) is 5.92 Å². The van der Waals surface area contributed by atoms with E-state index in [1.165, 1.54) is 5.56 Å². The molecular formula is C20H21NO. The summed E-state index contributed by atoms with van der Waals surface area (Å²) in [5, 5.41) is 2.90. The number of amides is 1. The van der Waals surface area contributed by atoms with Crippen LogP contribution in [0, 0.1) is 11.8 Å². The van der Waals surface area contributed by atoms with Crippen LogP contribution in [-0.4, -0.2) is 5.91 Å². The zero-order valence-corrected chi connectivity index (χ0v) is 13.5. The van der Waals surface area contributed by atoms with Crippen molar-refractivity contribution >= 4 is 11.6 Å². The van der Waals surface area contributed by atoms with E-state index in [0.717, 1.165) is 11.3 Å². The molecule has 0 heterocycles. The fourth-order valence-corrected chi connectivity index (χ4v) is 2.11. The summed E-state index contributed by atoms with van der Waals surface area (Å²) < 4.78 is 0. The van der Waals surface area contributed by atoms with Gasteiger partial charge in [0.05, 0.1) is 0 Å². The van der Waals surface area contributed by atoms with Crippen molar-refractivity contribution in [3.05, 3.63) is 65.2 Å². The molecule has 0 fully saturated rings. The molecule has 0 aliphatic rings. The zero-order chi connectivity index (χ0) is 16.2. The van der Waals surface area contributed by atoms with Gasteiger partial charge in [0, 0.05) is 16.8 Å². The Kier molecular flexibility index (Phi) is 4.68. The number of anilines is 1. The monoisotopic (exact) mass is 291 g/mol. The van der Waals surface area contributed by atoms with Crippen molar-refractivity contribution in [2.24, 2.45) is 0 Å². The van der Waals surface area contributed by atoms with E-state index >= 15 is 0 Å². The Morgan fingerprint density at radius 1 is 0.955 bits per heavy atom. The summed E-state index contributed by atoms with van der Waals surface area (Å²) >= 11 is 0. The van der Waals surface area contributed by atoms with Crippen molar-refractivity contribution in [1.82, 2.24) is 0 Å². The molecule has 2 rings (SSSR count). The molecule has 22 heavy (non-hydrogen) atoms. The molecule has 1 amide bonds. The summed E-state index contributed by atoms with van der Waals surface area (Å²) in [6.45, 7) is 8.27. The van der Waals surface area contributed by atoms with E-state index in [2.05, 4.69) is 37.9 Å². The molecule has 2 aromatic rings. The molecule has 0 atom stereocenters. The number of carbonyl (C=O) groups is 1. The average molecular weight is 291 g/mol. The van der Waals surface area contributed by atoms with Crippen LogP contribution >= 0.6 is 0 Å². The van der Waals surface area contributed by atoms with E-state index in [1.54, 1.807) is 6.92 Å². The quantitative estimate of drug-likeness (QED) is 0.804. The van der Waals surface area contributed by atoms with Gasteiger partial charge in [-0.2, -0.15) is 0 Å². The smallest absolute Gasteiger partial charge is 0.255 e. The van der Waals surface area contributed by atoms with Crippen LogP contribution in [0.15, 0.2) is 48.5 Å². The highest BCUT2D eigenvalue weighted by molar-refractivity contribution is 6.04. The minimum absolute atomic E-state index is 0.0884. The van der Waals surface area contributed by atoms with Crippen molar-refractivity contribution in [2.75, 3.05) is 5.32 Å². The summed E-state index contributed by atoms with van der Waals surface area (Å²) in [7, 11) is 0. The van der Waals surface area contributed by atoms with Gasteiger partial charge in [0.15, 0.2) is 0 Å². The fraction of sp³-hybridized carbons (Fsp3) is 0.250. The van der Waals surface area contributed by atoms with Crippen LogP contribution < -0.4 is 5.32 Å². The average Bonchev–Trinajstić information content (AvgIpc) is 2.49. The van der Waals surface area contributed by atoms with Crippen LogP contribution in [0.25, 0.3) is 0 Å². The van der Waals surface area contributed by atoms with Gasteiger partial charge in [-0.1, -0.05) is 38.8 Å². The lowest BCUT2D eigenvalue weighted by Crippen LogP contribution is -2.14. The van der Waals surface area contributed by atoms with E-state index in [-0.39, 0.29) is 11.3 Å². The number of hydrogen-bond acceptors (Lipinski definition) is 1. The van der Waals surface area contributed by atoms with Crippen LogP contribution in [0.1, 0.15) is 49.2 Å².